The van der Waals surface area contributed by atoms with Gasteiger partial charge in [0.15, 0.2) is 0 Å². The molecular weight excluding hydrogens is 410 g/mol. The predicted octanol–water partition coefficient (Wildman–Crippen LogP) is 5.46. The number of nitrogens with zero attached hydrogens (tertiary/aromatic N) is 3. The fourth-order valence-corrected chi connectivity index (χ4v) is 7.99. The maximum absolute atomic E-state index is 13.6. The second-order valence-electron chi connectivity index (χ2n) is 11.2. The summed E-state index contributed by atoms with van der Waals surface area (Å²) in [5.74, 6) is 1.93. The molecule has 5 atom stereocenters. The molecule has 1 aromatic heterocycles. The van der Waals surface area contributed by atoms with Crippen molar-refractivity contribution in [3.05, 3.63) is 40.3 Å². The van der Waals surface area contributed by atoms with Gasteiger partial charge in [-0.15, -0.1) is 0 Å². The molecule has 5 heteroatoms. The average molecular weight is 450 g/mol. The van der Waals surface area contributed by atoms with Crippen LogP contribution >= 0.6 is 0 Å². The summed E-state index contributed by atoms with van der Waals surface area (Å²) in [6.07, 6.45) is 14.8. The minimum absolute atomic E-state index is 0.0610. The molecule has 178 valence electrons. The Kier molecular flexibility index (Phi) is 6.04. The molecule has 2 saturated carbocycles. The topological polar surface area (TPSA) is 47.4 Å². The van der Waals surface area contributed by atoms with Crippen LogP contribution in [0.3, 0.4) is 0 Å². The minimum atomic E-state index is 0.0610. The molecule has 4 bridgehead atoms. The molecule has 2 aliphatic carbocycles. The molecule has 4 fully saturated rings. The molecule has 6 rings (SSSR count). The van der Waals surface area contributed by atoms with E-state index >= 15 is 0 Å². The van der Waals surface area contributed by atoms with Gasteiger partial charge in [-0.3, -0.25) is 9.69 Å². The van der Waals surface area contributed by atoms with Crippen LogP contribution < -0.4 is 5.56 Å². The summed E-state index contributed by atoms with van der Waals surface area (Å²) < 4.78 is 7.72. The van der Waals surface area contributed by atoms with E-state index in [4.69, 9.17) is 9.72 Å². The van der Waals surface area contributed by atoms with Crippen LogP contribution in [0.25, 0.3) is 11.0 Å². The molecule has 2 unspecified atom stereocenters. The Morgan fingerprint density at radius 1 is 0.879 bits per heavy atom. The van der Waals surface area contributed by atoms with E-state index in [9.17, 15) is 4.79 Å². The van der Waals surface area contributed by atoms with Crippen LogP contribution in [0, 0.1) is 11.8 Å². The van der Waals surface area contributed by atoms with E-state index in [1.165, 1.54) is 57.8 Å². The summed E-state index contributed by atoms with van der Waals surface area (Å²) >= 11 is 0. The van der Waals surface area contributed by atoms with E-state index in [0.717, 1.165) is 41.8 Å². The van der Waals surface area contributed by atoms with E-state index in [-0.39, 0.29) is 11.6 Å². The smallest absolute Gasteiger partial charge is 0.275 e. The first-order chi connectivity index (χ1) is 16.2. The first-order valence-corrected chi connectivity index (χ1v) is 13.6. The number of ether oxygens (including phenoxy) is 1. The Hall–Kier alpha value is -1.72. The van der Waals surface area contributed by atoms with Crippen molar-refractivity contribution in [3.63, 3.8) is 0 Å². The van der Waals surface area contributed by atoms with Gasteiger partial charge in [-0.2, -0.15) is 0 Å². The zero-order chi connectivity index (χ0) is 22.4. The average Bonchev–Trinajstić information content (AvgIpc) is 2.82. The lowest BCUT2D eigenvalue weighted by Crippen LogP contribution is -2.58. The van der Waals surface area contributed by atoms with E-state index in [1.807, 2.05) is 25.1 Å². The highest BCUT2D eigenvalue weighted by molar-refractivity contribution is 5.74. The van der Waals surface area contributed by atoms with Crippen molar-refractivity contribution >= 4 is 11.0 Å². The third kappa shape index (κ3) is 4.05. The maximum Gasteiger partial charge on any atom is 0.275 e. The summed E-state index contributed by atoms with van der Waals surface area (Å²) in [6.45, 7) is 2.87. The van der Waals surface area contributed by atoms with Gasteiger partial charge in [-0.05, 0) is 75.8 Å². The maximum atomic E-state index is 13.6. The minimum Gasteiger partial charge on any atom is -0.375 e. The number of hydrogen-bond donors (Lipinski definition) is 0. The molecule has 3 heterocycles. The van der Waals surface area contributed by atoms with Crippen molar-refractivity contribution in [3.8, 4) is 0 Å². The van der Waals surface area contributed by atoms with Crippen molar-refractivity contribution in [2.24, 2.45) is 11.8 Å². The van der Waals surface area contributed by atoms with Crippen molar-refractivity contribution in [1.82, 2.24) is 14.5 Å². The quantitative estimate of drug-likeness (QED) is 0.608. The number of fused-ring (bicyclic) bond motifs is 5. The molecule has 2 saturated heterocycles. The third-order valence-electron chi connectivity index (χ3n) is 9.20. The van der Waals surface area contributed by atoms with Crippen molar-refractivity contribution in [1.29, 1.82) is 0 Å². The number of benzene rings is 1. The van der Waals surface area contributed by atoms with Gasteiger partial charge in [0.1, 0.15) is 5.69 Å². The van der Waals surface area contributed by atoms with Crippen LogP contribution in [0.1, 0.15) is 89.3 Å². The SMILES string of the molecule is CCOCc1nc2ccccc2n([C@H]2C[C@H]3CCC[C@@H](C2)N3C2CC3CCCC(C3)C2)c1=O. The van der Waals surface area contributed by atoms with E-state index in [0.29, 0.717) is 31.0 Å². The lowest BCUT2D eigenvalue weighted by Gasteiger charge is -2.55. The second-order valence-corrected chi connectivity index (χ2v) is 11.2. The van der Waals surface area contributed by atoms with Gasteiger partial charge in [0.25, 0.3) is 5.56 Å². The Balaban J connectivity index is 1.32. The van der Waals surface area contributed by atoms with Gasteiger partial charge in [-0.25, -0.2) is 4.98 Å². The van der Waals surface area contributed by atoms with Crippen LogP contribution in [-0.4, -0.2) is 39.2 Å². The van der Waals surface area contributed by atoms with E-state index < -0.39 is 0 Å². The number of hydrogen-bond acceptors (Lipinski definition) is 4. The molecule has 2 aromatic rings. The number of piperidine rings is 2. The fourth-order valence-electron chi connectivity index (χ4n) is 7.99. The van der Waals surface area contributed by atoms with Gasteiger partial charge in [0.2, 0.25) is 0 Å². The first-order valence-electron chi connectivity index (χ1n) is 13.6. The van der Waals surface area contributed by atoms with Gasteiger partial charge < -0.3 is 9.30 Å². The molecule has 2 aliphatic heterocycles. The van der Waals surface area contributed by atoms with E-state index in [2.05, 4.69) is 15.5 Å². The largest absolute Gasteiger partial charge is 0.375 e. The molecule has 4 aliphatic rings. The standard InChI is InChI=1S/C28H39N3O2/c1-2-33-18-26-28(32)31(27-12-4-3-11-25(27)29-26)24-16-21-9-6-10-22(17-24)30(21)23-14-19-7-5-8-20(13-19)15-23/h3-4,11-12,19-24H,2,5-10,13-18H2,1H3/t19?,20?,21-,22+,23?,24+. The Morgan fingerprint density at radius 3 is 2.30 bits per heavy atom. The number of rotatable bonds is 5. The van der Waals surface area contributed by atoms with E-state index in [1.54, 1.807) is 0 Å². The molecule has 5 nitrogen and oxygen atoms in total. The highest BCUT2D eigenvalue weighted by Gasteiger charge is 2.45. The molecule has 1 aromatic carbocycles. The molecule has 33 heavy (non-hydrogen) atoms. The predicted molar refractivity (Wildman–Crippen MR) is 131 cm³/mol. The molecule has 0 radical (unpaired) electrons. The molecule has 0 spiro atoms. The zero-order valence-corrected chi connectivity index (χ0v) is 20.1. The zero-order valence-electron chi connectivity index (χ0n) is 20.1. The molecular formula is C28H39N3O2. The molecule has 0 N–H and O–H groups in total. The molecule has 0 amide bonds. The number of para-hydroxylation sites is 2. The van der Waals surface area contributed by atoms with Crippen molar-refractivity contribution in [2.75, 3.05) is 6.61 Å². The first kappa shape index (κ1) is 21.8. The van der Waals surface area contributed by atoms with Crippen LogP contribution in [0.4, 0.5) is 0 Å². The van der Waals surface area contributed by atoms with Crippen LogP contribution in [0.2, 0.25) is 0 Å². The number of aromatic nitrogens is 2. The summed E-state index contributed by atoms with van der Waals surface area (Å²) in [5, 5.41) is 0. The lowest BCUT2D eigenvalue weighted by atomic mass is 9.68. The van der Waals surface area contributed by atoms with Crippen molar-refractivity contribution in [2.45, 2.75) is 108 Å². The Bertz CT molecular complexity index is 1020. The van der Waals surface area contributed by atoms with Gasteiger partial charge in [0.05, 0.1) is 17.6 Å². The fraction of sp³-hybridized carbons (Fsp3) is 0.714. The van der Waals surface area contributed by atoms with Crippen molar-refractivity contribution < 1.29 is 4.74 Å². The summed E-state index contributed by atoms with van der Waals surface area (Å²) in [4.78, 5) is 21.3. The normalized spacial score (nSPS) is 34.5. The van der Waals surface area contributed by atoms with Gasteiger partial charge in [0, 0.05) is 30.8 Å². The van der Waals surface area contributed by atoms with Crippen LogP contribution in [0.15, 0.2) is 29.1 Å². The highest BCUT2D eigenvalue weighted by atomic mass is 16.5. The Morgan fingerprint density at radius 2 is 1.58 bits per heavy atom. The highest BCUT2D eigenvalue weighted by Crippen LogP contribution is 2.47. The monoisotopic (exact) mass is 449 g/mol. The van der Waals surface area contributed by atoms with Crippen LogP contribution in [-0.2, 0) is 11.3 Å². The summed E-state index contributed by atoms with van der Waals surface area (Å²) in [7, 11) is 0. The Labute approximate surface area is 197 Å². The third-order valence-corrected chi connectivity index (χ3v) is 9.20. The van der Waals surface area contributed by atoms with Crippen LogP contribution in [0.5, 0.6) is 0 Å². The van der Waals surface area contributed by atoms with Gasteiger partial charge >= 0.3 is 0 Å². The lowest BCUT2D eigenvalue weighted by molar-refractivity contribution is -0.0486. The summed E-state index contributed by atoms with van der Waals surface area (Å²) in [6, 6.07) is 10.5. The summed E-state index contributed by atoms with van der Waals surface area (Å²) in [5.41, 5.74) is 2.53. The van der Waals surface area contributed by atoms with Gasteiger partial charge in [-0.1, -0.05) is 37.8 Å². The second kappa shape index (κ2) is 9.14.